The van der Waals surface area contributed by atoms with Gasteiger partial charge in [0.2, 0.25) is 0 Å². The third kappa shape index (κ3) is 12.9. The van der Waals surface area contributed by atoms with Gasteiger partial charge in [-0.3, -0.25) is 14.4 Å². The number of aliphatic carboxylic acids is 2. The number of rotatable bonds is 10. The predicted molar refractivity (Wildman–Crippen MR) is 75.7 cm³/mol. The van der Waals surface area contributed by atoms with E-state index < -0.39 is 24.0 Å². The number of allylic oxidation sites excluding steroid dienone is 1. The molecule has 0 heterocycles. The summed E-state index contributed by atoms with van der Waals surface area (Å²) in [6.07, 6.45) is 2.56. The summed E-state index contributed by atoms with van der Waals surface area (Å²) in [4.78, 5) is 32.7. The van der Waals surface area contributed by atoms with Crippen LogP contribution in [0.25, 0.3) is 0 Å². The second kappa shape index (κ2) is 9.12. The van der Waals surface area contributed by atoms with Crippen LogP contribution in [0.1, 0.15) is 25.7 Å². The predicted octanol–water partition coefficient (Wildman–Crippen LogP) is 0.890. The average Bonchev–Trinajstić information content (AvgIpc) is 2.24. The van der Waals surface area contributed by atoms with E-state index in [4.69, 9.17) is 14.9 Å². The van der Waals surface area contributed by atoms with Crippen molar-refractivity contribution in [1.82, 2.24) is 0 Å². The van der Waals surface area contributed by atoms with Crippen molar-refractivity contribution in [2.24, 2.45) is 0 Å². The molecule has 0 saturated carbocycles. The molecule has 0 amide bonds. The van der Waals surface area contributed by atoms with Crippen molar-refractivity contribution in [1.29, 1.82) is 0 Å². The van der Waals surface area contributed by atoms with Crippen LogP contribution < -0.4 is 0 Å². The number of hydrogen-bond donors (Lipinski definition) is 2. The molecule has 0 radical (unpaired) electrons. The second-order valence-corrected chi connectivity index (χ2v) is 5.79. The molecule has 0 bridgehead atoms. The van der Waals surface area contributed by atoms with Gasteiger partial charge in [0.05, 0.1) is 34.0 Å². The van der Waals surface area contributed by atoms with Gasteiger partial charge in [0, 0.05) is 6.42 Å². The molecule has 1 atom stereocenters. The number of carbonyl (C=O) groups is 3. The van der Waals surface area contributed by atoms with E-state index >= 15 is 0 Å². The maximum atomic E-state index is 11.6. The van der Waals surface area contributed by atoms with Crippen molar-refractivity contribution in [3.8, 4) is 0 Å². The zero-order valence-corrected chi connectivity index (χ0v) is 12.7. The van der Waals surface area contributed by atoms with E-state index in [1.807, 2.05) is 21.1 Å². The van der Waals surface area contributed by atoms with Crippen LogP contribution in [0.15, 0.2) is 12.2 Å². The second-order valence-electron chi connectivity index (χ2n) is 5.79. The number of nitrogens with zero attached hydrogens (tertiary/aromatic N) is 1. The molecule has 0 aliphatic heterocycles. The number of carboxylic acid groups (broad SMARTS) is 2. The first kappa shape index (κ1) is 19.1. The Morgan fingerprint density at radius 2 is 1.71 bits per heavy atom. The minimum Gasteiger partial charge on any atom is -0.481 e. The molecular formula is C14H24NO6+. The van der Waals surface area contributed by atoms with Crippen molar-refractivity contribution in [2.45, 2.75) is 31.8 Å². The minimum atomic E-state index is -1.01. The quantitative estimate of drug-likeness (QED) is 0.353. The molecule has 0 aliphatic carbocycles. The minimum absolute atomic E-state index is 0.0851. The van der Waals surface area contributed by atoms with Crippen LogP contribution in [0.4, 0.5) is 0 Å². The molecule has 0 rings (SSSR count). The van der Waals surface area contributed by atoms with Gasteiger partial charge < -0.3 is 19.4 Å². The van der Waals surface area contributed by atoms with Crippen LogP contribution in [0.2, 0.25) is 0 Å². The average molecular weight is 302 g/mol. The smallest absolute Gasteiger partial charge is 0.307 e. The molecule has 120 valence electrons. The Balaban J connectivity index is 4.24. The number of carboxylic acids is 2. The highest BCUT2D eigenvalue weighted by atomic mass is 16.5. The van der Waals surface area contributed by atoms with Crippen molar-refractivity contribution >= 4 is 17.9 Å². The fourth-order valence-electron chi connectivity index (χ4n) is 1.70. The Kier molecular flexibility index (Phi) is 8.30. The first-order valence-corrected chi connectivity index (χ1v) is 6.68. The molecule has 21 heavy (non-hydrogen) atoms. The zero-order chi connectivity index (χ0) is 16.5. The van der Waals surface area contributed by atoms with E-state index in [0.29, 0.717) is 17.4 Å². The van der Waals surface area contributed by atoms with Gasteiger partial charge >= 0.3 is 17.9 Å². The Bertz CT molecular complexity index is 397. The number of carbonyl (C=O) groups excluding carboxylic acids is 1. The third-order valence-electron chi connectivity index (χ3n) is 2.43. The van der Waals surface area contributed by atoms with Crippen molar-refractivity contribution in [3.63, 3.8) is 0 Å². The molecule has 0 aromatic heterocycles. The summed E-state index contributed by atoms with van der Waals surface area (Å²) in [6, 6.07) is 0. The number of ether oxygens (including phenoxy) is 1. The van der Waals surface area contributed by atoms with Gasteiger partial charge in [0.25, 0.3) is 0 Å². The number of hydrogen-bond acceptors (Lipinski definition) is 4. The van der Waals surface area contributed by atoms with Crippen LogP contribution >= 0.6 is 0 Å². The van der Waals surface area contributed by atoms with Gasteiger partial charge in [-0.2, -0.15) is 0 Å². The van der Waals surface area contributed by atoms with Crippen LogP contribution in [-0.4, -0.2) is 66.4 Å². The molecule has 0 aromatic rings. The van der Waals surface area contributed by atoms with Gasteiger partial charge in [-0.05, 0) is 6.42 Å². The lowest BCUT2D eigenvalue weighted by Crippen LogP contribution is -2.43. The van der Waals surface area contributed by atoms with Crippen molar-refractivity contribution < 1.29 is 33.8 Å². The molecular weight excluding hydrogens is 278 g/mol. The van der Waals surface area contributed by atoms with E-state index in [0.717, 1.165) is 0 Å². The summed E-state index contributed by atoms with van der Waals surface area (Å²) in [5, 5.41) is 17.3. The molecule has 0 fully saturated rings. The van der Waals surface area contributed by atoms with Gasteiger partial charge in [0.15, 0.2) is 6.10 Å². The molecule has 2 N–H and O–H groups in total. The van der Waals surface area contributed by atoms with Crippen molar-refractivity contribution in [3.05, 3.63) is 12.2 Å². The lowest BCUT2D eigenvalue weighted by Gasteiger charge is -2.28. The zero-order valence-electron chi connectivity index (χ0n) is 12.7. The summed E-state index contributed by atoms with van der Waals surface area (Å²) in [5.74, 6) is -2.42. The first-order chi connectivity index (χ1) is 9.60. The lowest BCUT2D eigenvalue weighted by molar-refractivity contribution is -0.873. The fraction of sp³-hybridized carbons (Fsp3) is 0.643. The Hall–Kier alpha value is -1.89. The summed E-state index contributed by atoms with van der Waals surface area (Å²) >= 11 is 0. The van der Waals surface area contributed by atoms with Crippen molar-refractivity contribution in [2.75, 3.05) is 27.7 Å². The molecule has 0 aliphatic rings. The van der Waals surface area contributed by atoms with Crippen LogP contribution in [-0.2, 0) is 19.1 Å². The van der Waals surface area contributed by atoms with Crippen LogP contribution in [0.3, 0.4) is 0 Å². The maximum absolute atomic E-state index is 11.6. The standard InChI is InChI=1S/C14H23NO6/c1-15(2,3)10-11(9-13(18)19)21-14(20)8-6-4-5-7-12(16)17/h4-5,11H,6-10H2,1-3H3,(H-,16,17,18,19)/p+1/b5-4+. The highest BCUT2D eigenvalue weighted by Gasteiger charge is 2.24. The summed E-state index contributed by atoms with van der Waals surface area (Å²) in [5.41, 5.74) is 0. The van der Waals surface area contributed by atoms with Crippen LogP contribution in [0.5, 0.6) is 0 Å². The number of esters is 1. The topological polar surface area (TPSA) is 101 Å². The maximum Gasteiger partial charge on any atom is 0.307 e. The Morgan fingerprint density at radius 3 is 2.19 bits per heavy atom. The molecule has 0 aromatic carbocycles. The number of likely N-dealkylation sites (N-methyl/N-ethyl adjacent to an activating group) is 1. The Morgan fingerprint density at radius 1 is 1.10 bits per heavy atom. The van der Waals surface area contributed by atoms with E-state index in [1.165, 1.54) is 6.08 Å². The van der Waals surface area contributed by atoms with Crippen LogP contribution in [0, 0.1) is 0 Å². The fourth-order valence-corrected chi connectivity index (χ4v) is 1.70. The number of quaternary nitrogens is 1. The SMILES string of the molecule is C[N+](C)(C)CC(CC(=O)O)OC(=O)CC/C=C/CC(=O)O. The third-order valence-corrected chi connectivity index (χ3v) is 2.43. The summed E-state index contributed by atoms with van der Waals surface area (Å²) in [7, 11) is 5.66. The molecule has 0 spiro atoms. The monoisotopic (exact) mass is 302 g/mol. The summed E-state index contributed by atoms with van der Waals surface area (Å²) < 4.78 is 5.67. The van der Waals surface area contributed by atoms with E-state index in [9.17, 15) is 14.4 Å². The molecule has 7 nitrogen and oxygen atoms in total. The van der Waals surface area contributed by atoms with E-state index in [-0.39, 0.29) is 19.3 Å². The molecule has 1 unspecified atom stereocenters. The molecule has 0 saturated heterocycles. The highest BCUT2D eigenvalue weighted by Crippen LogP contribution is 2.07. The molecule has 7 heteroatoms. The van der Waals surface area contributed by atoms with Gasteiger partial charge in [-0.15, -0.1) is 0 Å². The van der Waals surface area contributed by atoms with Gasteiger partial charge in [-0.25, -0.2) is 0 Å². The largest absolute Gasteiger partial charge is 0.481 e. The normalized spacial score (nSPS) is 13.1. The van der Waals surface area contributed by atoms with Gasteiger partial charge in [-0.1, -0.05) is 12.2 Å². The van der Waals surface area contributed by atoms with Gasteiger partial charge in [0.1, 0.15) is 6.54 Å². The Labute approximate surface area is 124 Å². The summed E-state index contributed by atoms with van der Waals surface area (Å²) in [6.45, 7) is 0.410. The van der Waals surface area contributed by atoms with E-state index in [2.05, 4.69) is 0 Å². The lowest BCUT2D eigenvalue weighted by atomic mass is 10.2. The highest BCUT2D eigenvalue weighted by molar-refractivity contribution is 5.71. The first-order valence-electron chi connectivity index (χ1n) is 6.68. The van der Waals surface area contributed by atoms with E-state index in [1.54, 1.807) is 6.08 Å².